The molecule has 0 fully saturated rings. The SMILES string of the molecule is CCCCC/C=C\C/C=C\C/C=C\CCCCCCCCC(=O)OCC(COC(=O)CCCCCCC/C=C\CCCCCCC)OC(=O)CCCCCCCCCCCCCCCCCCCCC. The van der Waals surface area contributed by atoms with E-state index < -0.39 is 6.10 Å². The zero-order chi connectivity index (χ0) is 50.7. The van der Waals surface area contributed by atoms with Crippen molar-refractivity contribution in [2.24, 2.45) is 0 Å². The minimum Gasteiger partial charge on any atom is -0.462 e. The Morgan fingerprint density at radius 1 is 0.286 bits per heavy atom. The number of esters is 3. The van der Waals surface area contributed by atoms with E-state index in [0.29, 0.717) is 19.3 Å². The van der Waals surface area contributed by atoms with Gasteiger partial charge in [-0.05, 0) is 83.5 Å². The lowest BCUT2D eigenvalue weighted by molar-refractivity contribution is -0.167. The third-order valence-electron chi connectivity index (χ3n) is 13.6. The molecule has 0 radical (unpaired) electrons. The van der Waals surface area contributed by atoms with Crippen molar-refractivity contribution in [1.82, 2.24) is 0 Å². The second-order valence-corrected chi connectivity index (χ2v) is 20.6. The van der Waals surface area contributed by atoms with Gasteiger partial charge < -0.3 is 14.2 Å². The lowest BCUT2D eigenvalue weighted by Gasteiger charge is -2.18. The molecule has 0 aliphatic rings. The Hall–Kier alpha value is -2.63. The molecule has 1 atom stereocenters. The highest BCUT2D eigenvalue weighted by molar-refractivity contribution is 5.71. The van der Waals surface area contributed by atoms with Gasteiger partial charge in [0.25, 0.3) is 0 Å². The Morgan fingerprint density at radius 3 is 0.843 bits per heavy atom. The van der Waals surface area contributed by atoms with Crippen LogP contribution < -0.4 is 0 Å². The van der Waals surface area contributed by atoms with Crippen LogP contribution in [0, 0.1) is 0 Å². The summed E-state index contributed by atoms with van der Waals surface area (Å²) in [5.74, 6) is -0.880. The van der Waals surface area contributed by atoms with Gasteiger partial charge in [0.1, 0.15) is 13.2 Å². The molecular formula is C64H116O6. The minimum absolute atomic E-state index is 0.0786. The maximum absolute atomic E-state index is 12.9. The van der Waals surface area contributed by atoms with Gasteiger partial charge >= 0.3 is 17.9 Å². The fourth-order valence-electron chi connectivity index (χ4n) is 8.92. The first-order valence-corrected chi connectivity index (χ1v) is 30.6. The normalized spacial score (nSPS) is 12.3. The fourth-order valence-corrected chi connectivity index (χ4v) is 8.92. The third kappa shape index (κ3) is 56.3. The molecule has 0 saturated heterocycles. The van der Waals surface area contributed by atoms with Crippen LogP contribution >= 0.6 is 0 Å². The first kappa shape index (κ1) is 67.4. The van der Waals surface area contributed by atoms with Gasteiger partial charge in [0, 0.05) is 19.3 Å². The number of carbonyl (C=O) groups excluding carboxylic acids is 3. The molecule has 0 aliphatic heterocycles. The first-order valence-electron chi connectivity index (χ1n) is 30.6. The predicted octanol–water partition coefficient (Wildman–Crippen LogP) is 20.6. The van der Waals surface area contributed by atoms with E-state index >= 15 is 0 Å². The summed E-state index contributed by atoms with van der Waals surface area (Å²) >= 11 is 0. The summed E-state index contributed by atoms with van der Waals surface area (Å²) in [6, 6.07) is 0. The summed E-state index contributed by atoms with van der Waals surface area (Å²) < 4.78 is 16.9. The molecule has 0 N–H and O–H groups in total. The average molecular weight is 982 g/mol. The van der Waals surface area contributed by atoms with Crippen molar-refractivity contribution in [3.63, 3.8) is 0 Å². The summed E-state index contributed by atoms with van der Waals surface area (Å²) in [7, 11) is 0. The van der Waals surface area contributed by atoms with Crippen LogP contribution in [-0.2, 0) is 28.6 Å². The van der Waals surface area contributed by atoms with Crippen LogP contribution in [0.2, 0.25) is 0 Å². The molecule has 0 aromatic heterocycles. The number of carbonyl (C=O) groups is 3. The first-order chi connectivity index (χ1) is 34.5. The van der Waals surface area contributed by atoms with Crippen molar-refractivity contribution in [1.29, 1.82) is 0 Å². The summed E-state index contributed by atoms with van der Waals surface area (Å²) in [5.41, 5.74) is 0. The maximum atomic E-state index is 12.9. The van der Waals surface area contributed by atoms with Crippen molar-refractivity contribution in [2.75, 3.05) is 13.2 Å². The van der Waals surface area contributed by atoms with Crippen molar-refractivity contribution >= 4 is 17.9 Å². The van der Waals surface area contributed by atoms with Crippen LogP contribution in [-0.4, -0.2) is 37.2 Å². The largest absolute Gasteiger partial charge is 0.462 e. The monoisotopic (exact) mass is 981 g/mol. The molecule has 0 aromatic rings. The van der Waals surface area contributed by atoms with Crippen LogP contribution in [0.4, 0.5) is 0 Å². The fraction of sp³-hybridized carbons (Fsp3) is 0.828. The van der Waals surface area contributed by atoms with Crippen LogP contribution in [0.5, 0.6) is 0 Å². The number of hydrogen-bond acceptors (Lipinski definition) is 6. The molecular weight excluding hydrogens is 865 g/mol. The second kappa shape index (κ2) is 58.9. The molecule has 408 valence electrons. The summed E-state index contributed by atoms with van der Waals surface area (Å²) in [6.07, 6.45) is 72.4. The summed E-state index contributed by atoms with van der Waals surface area (Å²) in [4.78, 5) is 38.2. The number of unbranched alkanes of at least 4 members (excludes halogenated alkanes) is 37. The van der Waals surface area contributed by atoms with Crippen LogP contribution in [0.3, 0.4) is 0 Å². The number of ether oxygens (including phenoxy) is 3. The van der Waals surface area contributed by atoms with E-state index in [4.69, 9.17) is 14.2 Å². The second-order valence-electron chi connectivity index (χ2n) is 20.6. The molecule has 1 unspecified atom stereocenters. The molecule has 6 heteroatoms. The molecule has 0 aromatic carbocycles. The molecule has 0 rings (SSSR count). The van der Waals surface area contributed by atoms with E-state index in [1.165, 1.54) is 199 Å². The van der Waals surface area contributed by atoms with Gasteiger partial charge in [-0.15, -0.1) is 0 Å². The van der Waals surface area contributed by atoms with E-state index in [0.717, 1.165) is 83.5 Å². The lowest BCUT2D eigenvalue weighted by atomic mass is 10.0. The van der Waals surface area contributed by atoms with Crippen molar-refractivity contribution in [3.05, 3.63) is 48.6 Å². The Labute approximate surface area is 435 Å². The van der Waals surface area contributed by atoms with Gasteiger partial charge in [-0.3, -0.25) is 14.4 Å². The predicted molar refractivity (Wildman–Crippen MR) is 302 cm³/mol. The standard InChI is InChI=1S/C64H116O6/c1-4-7-10-13-16-19-22-25-28-30-32-34-36-39-42-45-48-51-54-57-63(66)69-60-61(59-68-62(65)56-53-50-47-44-41-38-27-24-21-18-15-12-9-6-3)70-64(67)58-55-52-49-46-43-40-37-35-33-31-29-26-23-20-17-14-11-8-5-2/h16,19,24-25,27-28,32,34,61H,4-15,17-18,20-23,26,29-31,33,35-60H2,1-3H3/b19-16-,27-24-,28-25-,34-32-. The molecule has 0 spiro atoms. The highest BCUT2D eigenvalue weighted by Gasteiger charge is 2.19. The number of hydrogen-bond donors (Lipinski definition) is 0. The molecule has 6 nitrogen and oxygen atoms in total. The molecule has 0 heterocycles. The van der Waals surface area contributed by atoms with Gasteiger partial charge in [0.15, 0.2) is 6.10 Å². The highest BCUT2D eigenvalue weighted by atomic mass is 16.6. The van der Waals surface area contributed by atoms with Gasteiger partial charge in [0.2, 0.25) is 0 Å². The highest BCUT2D eigenvalue weighted by Crippen LogP contribution is 2.17. The molecule has 0 amide bonds. The van der Waals surface area contributed by atoms with Gasteiger partial charge in [0.05, 0.1) is 0 Å². The molecule has 70 heavy (non-hydrogen) atoms. The van der Waals surface area contributed by atoms with Gasteiger partial charge in [-0.1, -0.05) is 268 Å². The number of rotatable bonds is 56. The summed E-state index contributed by atoms with van der Waals surface area (Å²) in [5, 5.41) is 0. The van der Waals surface area contributed by atoms with Crippen molar-refractivity contribution in [3.8, 4) is 0 Å². The average Bonchev–Trinajstić information content (AvgIpc) is 3.36. The van der Waals surface area contributed by atoms with Gasteiger partial charge in [-0.2, -0.15) is 0 Å². The lowest BCUT2D eigenvalue weighted by Crippen LogP contribution is -2.30. The van der Waals surface area contributed by atoms with Crippen LogP contribution in [0.1, 0.15) is 323 Å². The zero-order valence-corrected chi connectivity index (χ0v) is 46.8. The third-order valence-corrected chi connectivity index (χ3v) is 13.6. The summed E-state index contributed by atoms with van der Waals surface area (Å²) in [6.45, 7) is 6.63. The maximum Gasteiger partial charge on any atom is 0.306 e. The molecule has 0 aliphatic carbocycles. The van der Waals surface area contributed by atoms with Crippen molar-refractivity contribution in [2.45, 2.75) is 329 Å². The Kier molecular flexibility index (Phi) is 56.7. The molecule has 0 bridgehead atoms. The van der Waals surface area contributed by atoms with E-state index in [1.54, 1.807) is 0 Å². The van der Waals surface area contributed by atoms with Crippen LogP contribution in [0.15, 0.2) is 48.6 Å². The topological polar surface area (TPSA) is 78.9 Å². The van der Waals surface area contributed by atoms with E-state index in [2.05, 4.69) is 69.4 Å². The van der Waals surface area contributed by atoms with E-state index in [9.17, 15) is 14.4 Å². The minimum atomic E-state index is -0.780. The number of allylic oxidation sites excluding steroid dienone is 8. The Balaban J connectivity index is 4.36. The Morgan fingerprint density at radius 2 is 0.514 bits per heavy atom. The van der Waals surface area contributed by atoms with E-state index in [1.807, 2.05) is 0 Å². The quantitative estimate of drug-likeness (QED) is 0.0261. The van der Waals surface area contributed by atoms with Crippen molar-refractivity contribution < 1.29 is 28.6 Å². The smallest absolute Gasteiger partial charge is 0.306 e. The Bertz CT molecular complexity index is 1220. The van der Waals surface area contributed by atoms with Crippen LogP contribution in [0.25, 0.3) is 0 Å². The molecule has 0 saturated carbocycles. The van der Waals surface area contributed by atoms with Gasteiger partial charge in [-0.25, -0.2) is 0 Å². The zero-order valence-electron chi connectivity index (χ0n) is 46.8. The van der Waals surface area contributed by atoms with E-state index in [-0.39, 0.29) is 31.1 Å².